The van der Waals surface area contributed by atoms with E-state index < -0.39 is 11.9 Å². The zero-order valence-electron chi connectivity index (χ0n) is 16.5. The number of rotatable bonds is 10. The zero-order valence-corrected chi connectivity index (χ0v) is 17.4. The summed E-state index contributed by atoms with van der Waals surface area (Å²) in [5.41, 5.74) is 0.340. The van der Waals surface area contributed by atoms with Gasteiger partial charge in [-0.25, -0.2) is 0 Å². The molecule has 0 unspecified atom stereocenters. The Balaban J connectivity index is 1.49. The van der Waals surface area contributed by atoms with Crippen molar-refractivity contribution >= 4 is 23.2 Å². The fourth-order valence-electron chi connectivity index (χ4n) is 2.46. The number of aromatic nitrogens is 2. The molecule has 0 aliphatic heterocycles. The molecular formula is C20H21N3O6S. The van der Waals surface area contributed by atoms with E-state index in [1.54, 1.807) is 18.2 Å². The normalized spacial score (nSPS) is 10.5. The number of esters is 1. The predicted octanol–water partition coefficient (Wildman–Crippen LogP) is 3.07. The molecule has 3 aromatic rings. The maximum atomic E-state index is 12.3. The molecular weight excluding hydrogens is 410 g/mol. The molecule has 0 aliphatic rings. The van der Waals surface area contributed by atoms with Gasteiger partial charge in [0.2, 0.25) is 5.82 Å². The SMILES string of the molecule is CCOc1ccc(C(=O)NCC(=O)OCc2nc(-c3cccs3)no2)cc1OCC. The number of nitrogens with zero attached hydrogens (tertiary/aromatic N) is 2. The minimum absolute atomic E-state index is 0.172. The Morgan fingerprint density at radius 1 is 1.13 bits per heavy atom. The lowest BCUT2D eigenvalue weighted by Crippen LogP contribution is -2.30. The highest BCUT2D eigenvalue weighted by atomic mass is 32.1. The van der Waals surface area contributed by atoms with Gasteiger partial charge in [0.05, 0.1) is 18.1 Å². The second kappa shape index (κ2) is 10.4. The topological polar surface area (TPSA) is 113 Å². The van der Waals surface area contributed by atoms with Crippen LogP contribution < -0.4 is 14.8 Å². The Morgan fingerprint density at radius 3 is 2.67 bits per heavy atom. The Morgan fingerprint density at radius 2 is 1.93 bits per heavy atom. The van der Waals surface area contributed by atoms with Crippen molar-refractivity contribution in [2.45, 2.75) is 20.5 Å². The van der Waals surface area contributed by atoms with Gasteiger partial charge in [0, 0.05) is 5.56 Å². The van der Waals surface area contributed by atoms with Crippen molar-refractivity contribution in [2.75, 3.05) is 19.8 Å². The van der Waals surface area contributed by atoms with Crippen molar-refractivity contribution in [3.63, 3.8) is 0 Å². The van der Waals surface area contributed by atoms with Crippen molar-refractivity contribution < 1.29 is 28.3 Å². The third-order valence-corrected chi connectivity index (χ3v) is 4.63. The van der Waals surface area contributed by atoms with Crippen molar-refractivity contribution in [2.24, 2.45) is 0 Å². The average molecular weight is 431 g/mol. The van der Waals surface area contributed by atoms with Crippen LogP contribution in [0, 0.1) is 0 Å². The lowest BCUT2D eigenvalue weighted by molar-refractivity contribution is -0.144. The number of hydrogen-bond donors (Lipinski definition) is 1. The summed E-state index contributed by atoms with van der Waals surface area (Å²) in [5, 5.41) is 8.24. The predicted molar refractivity (Wildman–Crippen MR) is 109 cm³/mol. The monoisotopic (exact) mass is 431 g/mol. The largest absolute Gasteiger partial charge is 0.490 e. The van der Waals surface area contributed by atoms with Gasteiger partial charge in [-0.15, -0.1) is 11.3 Å². The van der Waals surface area contributed by atoms with Crippen LogP contribution in [0.25, 0.3) is 10.7 Å². The molecule has 1 amide bonds. The first-order valence-electron chi connectivity index (χ1n) is 9.30. The fraction of sp³-hybridized carbons (Fsp3) is 0.300. The molecule has 0 spiro atoms. The van der Waals surface area contributed by atoms with Crippen LogP contribution in [0.2, 0.25) is 0 Å². The molecule has 9 nitrogen and oxygen atoms in total. The van der Waals surface area contributed by atoms with E-state index >= 15 is 0 Å². The second-order valence-corrected chi connectivity index (χ2v) is 6.81. The van der Waals surface area contributed by atoms with E-state index in [0.717, 1.165) is 4.88 Å². The van der Waals surface area contributed by atoms with Gasteiger partial charge in [-0.3, -0.25) is 9.59 Å². The Kier molecular flexibility index (Phi) is 7.39. The molecule has 1 aromatic carbocycles. The Labute approximate surface area is 177 Å². The Hall–Kier alpha value is -3.40. The smallest absolute Gasteiger partial charge is 0.325 e. The summed E-state index contributed by atoms with van der Waals surface area (Å²) in [6.07, 6.45) is 0. The fourth-order valence-corrected chi connectivity index (χ4v) is 3.11. The van der Waals surface area contributed by atoms with Crippen LogP contribution in [0.1, 0.15) is 30.1 Å². The summed E-state index contributed by atoms with van der Waals surface area (Å²) in [7, 11) is 0. The van der Waals surface area contributed by atoms with Crippen LogP contribution in [-0.2, 0) is 16.1 Å². The highest BCUT2D eigenvalue weighted by Gasteiger charge is 2.15. The molecule has 0 radical (unpaired) electrons. The van der Waals surface area contributed by atoms with Crippen LogP contribution >= 0.6 is 11.3 Å². The van der Waals surface area contributed by atoms with Gasteiger partial charge in [-0.1, -0.05) is 11.2 Å². The molecule has 0 fully saturated rings. The van der Waals surface area contributed by atoms with Crippen molar-refractivity contribution in [3.05, 3.63) is 47.2 Å². The maximum Gasteiger partial charge on any atom is 0.325 e. The standard InChI is InChI=1S/C20H21N3O6S/c1-3-26-14-8-7-13(10-15(14)27-4-2)20(25)21-11-18(24)28-12-17-22-19(23-29-17)16-6-5-9-30-16/h5-10H,3-4,11-12H2,1-2H3,(H,21,25). The molecule has 0 bridgehead atoms. The molecule has 30 heavy (non-hydrogen) atoms. The van der Waals surface area contributed by atoms with E-state index in [2.05, 4.69) is 15.5 Å². The van der Waals surface area contributed by atoms with Crippen molar-refractivity contribution in [3.8, 4) is 22.2 Å². The lowest BCUT2D eigenvalue weighted by atomic mass is 10.2. The number of nitrogens with one attached hydrogen (secondary N) is 1. The van der Waals surface area contributed by atoms with E-state index in [1.165, 1.54) is 11.3 Å². The van der Waals surface area contributed by atoms with Crippen LogP contribution in [0.4, 0.5) is 0 Å². The molecule has 1 N–H and O–H groups in total. The first kappa shape index (κ1) is 21.3. The number of thiophene rings is 1. The highest BCUT2D eigenvalue weighted by Crippen LogP contribution is 2.28. The average Bonchev–Trinajstić information content (AvgIpc) is 3.44. The van der Waals surface area contributed by atoms with E-state index in [1.807, 2.05) is 31.4 Å². The summed E-state index contributed by atoms with van der Waals surface area (Å²) in [5.74, 6) is 0.559. The molecule has 2 aromatic heterocycles. The number of benzene rings is 1. The molecule has 158 valence electrons. The van der Waals surface area contributed by atoms with E-state index in [-0.39, 0.29) is 19.0 Å². The first-order chi connectivity index (χ1) is 14.6. The van der Waals surface area contributed by atoms with Crippen molar-refractivity contribution in [1.82, 2.24) is 15.5 Å². The summed E-state index contributed by atoms with van der Waals surface area (Å²) in [6, 6.07) is 8.56. The molecule has 0 aliphatic carbocycles. The van der Waals surface area contributed by atoms with Gasteiger partial charge in [-0.05, 0) is 43.5 Å². The minimum atomic E-state index is -0.629. The van der Waals surface area contributed by atoms with E-state index in [4.69, 9.17) is 18.7 Å². The summed E-state index contributed by atoms with van der Waals surface area (Å²) in [6.45, 7) is 4.13. The molecule has 2 heterocycles. The number of amides is 1. The summed E-state index contributed by atoms with van der Waals surface area (Å²) >= 11 is 1.47. The molecule has 0 saturated heterocycles. The minimum Gasteiger partial charge on any atom is -0.490 e. The maximum absolute atomic E-state index is 12.3. The first-order valence-corrected chi connectivity index (χ1v) is 10.2. The quantitative estimate of drug-likeness (QED) is 0.487. The van der Waals surface area contributed by atoms with Crippen LogP contribution in [-0.4, -0.2) is 41.8 Å². The van der Waals surface area contributed by atoms with Gasteiger partial charge >= 0.3 is 5.97 Å². The number of carbonyl (C=O) groups excluding carboxylic acids is 2. The van der Waals surface area contributed by atoms with E-state index in [0.29, 0.717) is 36.1 Å². The number of hydrogen-bond acceptors (Lipinski definition) is 9. The highest BCUT2D eigenvalue weighted by molar-refractivity contribution is 7.13. The molecule has 0 saturated carbocycles. The third kappa shape index (κ3) is 5.57. The van der Waals surface area contributed by atoms with Crippen LogP contribution in [0.15, 0.2) is 40.2 Å². The van der Waals surface area contributed by atoms with Crippen LogP contribution in [0.3, 0.4) is 0 Å². The van der Waals surface area contributed by atoms with Gasteiger partial charge in [0.25, 0.3) is 11.8 Å². The van der Waals surface area contributed by atoms with Gasteiger partial charge in [0.1, 0.15) is 6.54 Å². The summed E-state index contributed by atoms with van der Waals surface area (Å²) < 4.78 is 21.1. The van der Waals surface area contributed by atoms with Crippen LogP contribution in [0.5, 0.6) is 11.5 Å². The van der Waals surface area contributed by atoms with Crippen molar-refractivity contribution in [1.29, 1.82) is 0 Å². The lowest BCUT2D eigenvalue weighted by Gasteiger charge is -2.12. The third-order valence-electron chi connectivity index (χ3n) is 3.77. The second-order valence-electron chi connectivity index (χ2n) is 5.86. The number of ether oxygens (including phenoxy) is 3. The Bertz CT molecular complexity index is 986. The summed E-state index contributed by atoms with van der Waals surface area (Å²) in [4.78, 5) is 29.3. The molecule has 3 rings (SSSR count). The van der Waals surface area contributed by atoms with Gasteiger partial charge in [-0.2, -0.15) is 4.98 Å². The molecule has 10 heteroatoms. The number of carbonyl (C=O) groups is 2. The molecule has 0 atom stereocenters. The van der Waals surface area contributed by atoms with E-state index in [9.17, 15) is 9.59 Å². The van der Waals surface area contributed by atoms with Gasteiger partial charge in [0.15, 0.2) is 18.1 Å². The van der Waals surface area contributed by atoms with Gasteiger partial charge < -0.3 is 24.1 Å². The zero-order chi connectivity index (χ0) is 21.3.